The highest BCUT2D eigenvalue weighted by Gasteiger charge is 2.30. The molecule has 19 heavy (non-hydrogen) atoms. The van der Waals surface area contributed by atoms with E-state index in [0.29, 0.717) is 33.9 Å². The number of hydrogen-bond donors (Lipinski definition) is 1. The first-order chi connectivity index (χ1) is 9.01. The number of carbonyl (C=O) groups is 1. The van der Waals surface area contributed by atoms with Crippen LogP contribution in [-0.2, 0) is 4.79 Å². The fraction of sp³-hybridized carbons (Fsp3) is 0.417. The van der Waals surface area contributed by atoms with Crippen LogP contribution in [0.3, 0.4) is 0 Å². The highest BCUT2D eigenvalue weighted by Crippen LogP contribution is 2.33. The van der Waals surface area contributed by atoms with E-state index in [9.17, 15) is 4.79 Å². The smallest absolute Gasteiger partial charge is 0.260 e. The normalized spacial score (nSPS) is 15.3. The standard InChI is InChI=1S/C12H12Cl3NO3/c13-8-1-10(15)11(2-9(8)14)19-6-12(18)16-3-7(4-16)5-17/h1-2,7,17H,3-6H2. The summed E-state index contributed by atoms with van der Waals surface area (Å²) in [5, 5.41) is 9.83. The largest absolute Gasteiger partial charge is 0.482 e. The second-order valence-electron chi connectivity index (χ2n) is 4.33. The summed E-state index contributed by atoms with van der Waals surface area (Å²) in [7, 11) is 0. The number of amides is 1. The van der Waals surface area contributed by atoms with Crippen LogP contribution < -0.4 is 4.74 Å². The Hall–Kier alpha value is -0.680. The van der Waals surface area contributed by atoms with E-state index in [0.717, 1.165) is 0 Å². The van der Waals surface area contributed by atoms with Gasteiger partial charge >= 0.3 is 0 Å². The molecule has 0 atom stereocenters. The van der Waals surface area contributed by atoms with Gasteiger partial charge in [-0.05, 0) is 6.07 Å². The fourth-order valence-corrected chi connectivity index (χ4v) is 2.33. The van der Waals surface area contributed by atoms with Crippen molar-refractivity contribution in [3.05, 3.63) is 27.2 Å². The lowest BCUT2D eigenvalue weighted by molar-refractivity contribution is -0.140. The number of aliphatic hydroxyl groups excluding tert-OH is 1. The van der Waals surface area contributed by atoms with Crippen LogP contribution in [0.4, 0.5) is 0 Å². The van der Waals surface area contributed by atoms with Crippen LogP contribution in [0.1, 0.15) is 0 Å². The Morgan fingerprint density at radius 3 is 2.53 bits per heavy atom. The molecule has 0 aromatic heterocycles. The second-order valence-corrected chi connectivity index (χ2v) is 5.55. The summed E-state index contributed by atoms with van der Waals surface area (Å²) in [4.78, 5) is 13.4. The average Bonchev–Trinajstić information content (AvgIpc) is 2.31. The van der Waals surface area contributed by atoms with Crippen LogP contribution in [0.5, 0.6) is 5.75 Å². The quantitative estimate of drug-likeness (QED) is 0.866. The van der Waals surface area contributed by atoms with Gasteiger partial charge in [0, 0.05) is 31.7 Å². The lowest BCUT2D eigenvalue weighted by Gasteiger charge is -2.38. The maximum atomic E-state index is 11.7. The van der Waals surface area contributed by atoms with Crippen molar-refractivity contribution in [3.8, 4) is 5.75 Å². The van der Waals surface area contributed by atoms with Gasteiger partial charge in [-0.3, -0.25) is 4.79 Å². The first kappa shape index (κ1) is 14.7. The molecule has 1 aliphatic rings. The molecule has 1 saturated heterocycles. The van der Waals surface area contributed by atoms with Crippen LogP contribution in [-0.4, -0.2) is 42.2 Å². The van der Waals surface area contributed by atoms with E-state index >= 15 is 0 Å². The Balaban J connectivity index is 1.89. The van der Waals surface area contributed by atoms with Gasteiger partial charge < -0.3 is 14.7 Å². The van der Waals surface area contributed by atoms with Crippen LogP contribution in [0, 0.1) is 5.92 Å². The van der Waals surface area contributed by atoms with E-state index in [4.69, 9.17) is 44.6 Å². The van der Waals surface area contributed by atoms with Gasteiger partial charge in [0.1, 0.15) is 5.75 Å². The summed E-state index contributed by atoms with van der Waals surface area (Å²) in [5.74, 6) is 0.355. The molecule has 1 heterocycles. The molecule has 1 aromatic carbocycles. The van der Waals surface area contributed by atoms with Crippen molar-refractivity contribution in [2.24, 2.45) is 5.92 Å². The summed E-state index contributed by atoms with van der Waals surface area (Å²) in [5.41, 5.74) is 0. The molecule has 2 rings (SSSR count). The highest BCUT2D eigenvalue weighted by molar-refractivity contribution is 6.43. The van der Waals surface area contributed by atoms with Gasteiger partial charge in [0.15, 0.2) is 6.61 Å². The number of nitrogens with zero attached hydrogens (tertiary/aromatic N) is 1. The van der Waals surface area contributed by atoms with Crippen LogP contribution >= 0.6 is 34.8 Å². The van der Waals surface area contributed by atoms with Crippen molar-refractivity contribution in [1.29, 1.82) is 0 Å². The van der Waals surface area contributed by atoms with E-state index in [2.05, 4.69) is 0 Å². The Bertz CT molecular complexity index is 489. The summed E-state index contributed by atoms with van der Waals surface area (Å²) < 4.78 is 5.33. The third-order valence-corrected chi connectivity index (χ3v) is 3.91. The van der Waals surface area contributed by atoms with Crippen molar-refractivity contribution >= 4 is 40.7 Å². The predicted molar refractivity (Wildman–Crippen MR) is 74.1 cm³/mol. The molecule has 1 N–H and O–H groups in total. The molecule has 0 bridgehead atoms. The molecule has 0 aliphatic carbocycles. The number of aliphatic hydroxyl groups is 1. The van der Waals surface area contributed by atoms with Crippen molar-refractivity contribution in [2.75, 3.05) is 26.3 Å². The molecule has 0 spiro atoms. The molecule has 0 unspecified atom stereocenters. The molecule has 4 nitrogen and oxygen atoms in total. The number of carbonyl (C=O) groups excluding carboxylic acids is 1. The Morgan fingerprint density at radius 2 is 1.89 bits per heavy atom. The molecule has 0 saturated carbocycles. The molecular formula is C12H12Cl3NO3. The van der Waals surface area contributed by atoms with Crippen LogP contribution in [0.25, 0.3) is 0 Å². The van der Waals surface area contributed by atoms with Crippen LogP contribution in [0.2, 0.25) is 15.1 Å². The third kappa shape index (κ3) is 3.45. The fourth-order valence-electron chi connectivity index (χ4n) is 1.73. The molecule has 1 amide bonds. The molecule has 1 aromatic rings. The molecular weight excluding hydrogens is 312 g/mol. The molecule has 104 valence electrons. The minimum Gasteiger partial charge on any atom is -0.482 e. The summed E-state index contributed by atoms with van der Waals surface area (Å²) in [6.07, 6.45) is 0. The van der Waals surface area contributed by atoms with E-state index < -0.39 is 0 Å². The second kappa shape index (κ2) is 6.18. The van der Waals surface area contributed by atoms with Crippen molar-refractivity contribution < 1.29 is 14.6 Å². The summed E-state index contributed by atoms with van der Waals surface area (Å²) in [6.45, 7) is 1.11. The van der Waals surface area contributed by atoms with Crippen molar-refractivity contribution in [3.63, 3.8) is 0 Å². The van der Waals surface area contributed by atoms with Gasteiger partial charge in [-0.1, -0.05) is 34.8 Å². The lowest BCUT2D eigenvalue weighted by atomic mass is 10.0. The number of halogens is 3. The Kier molecular flexibility index (Phi) is 4.79. The minimum atomic E-state index is -0.146. The number of rotatable bonds is 4. The van der Waals surface area contributed by atoms with Gasteiger partial charge in [-0.2, -0.15) is 0 Å². The van der Waals surface area contributed by atoms with Gasteiger partial charge in [0.05, 0.1) is 15.1 Å². The monoisotopic (exact) mass is 323 g/mol. The van der Waals surface area contributed by atoms with Crippen molar-refractivity contribution in [1.82, 2.24) is 4.90 Å². The van der Waals surface area contributed by atoms with E-state index in [1.165, 1.54) is 12.1 Å². The van der Waals surface area contributed by atoms with Gasteiger partial charge in [-0.15, -0.1) is 0 Å². The third-order valence-electron chi connectivity index (χ3n) is 2.89. The number of benzene rings is 1. The lowest BCUT2D eigenvalue weighted by Crippen LogP contribution is -2.52. The first-order valence-corrected chi connectivity index (χ1v) is 6.80. The summed E-state index contributed by atoms with van der Waals surface area (Å²) >= 11 is 17.6. The van der Waals surface area contributed by atoms with E-state index in [-0.39, 0.29) is 25.0 Å². The number of likely N-dealkylation sites (tertiary alicyclic amines) is 1. The van der Waals surface area contributed by atoms with Gasteiger partial charge in [-0.25, -0.2) is 0 Å². The van der Waals surface area contributed by atoms with E-state index in [1.807, 2.05) is 0 Å². The average molecular weight is 325 g/mol. The number of hydrogen-bond acceptors (Lipinski definition) is 3. The zero-order valence-electron chi connectivity index (χ0n) is 9.91. The highest BCUT2D eigenvalue weighted by atomic mass is 35.5. The molecule has 0 radical (unpaired) electrons. The maximum Gasteiger partial charge on any atom is 0.260 e. The topological polar surface area (TPSA) is 49.8 Å². The van der Waals surface area contributed by atoms with Crippen molar-refractivity contribution in [2.45, 2.75) is 0 Å². The molecule has 1 aliphatic heterocycles. The number of ether oxygens (including phenoxy) is 1. The predicted octanol–water partition coefficient (Wildman–Crippen LogP) is 2.48. The zero-order valence-corrected chi connectivity index (χ0v) is 12.2. The summed E-state index contributed by atoms with van der Waals surface area (Å²) in [6, 6.07) is 2.95. The van der Waals surface area contributed by atoms with E-state index in [1.54, 1.807) is 4.90 Å². The first-order valence-electron chi connectivity index (χ1n) is 5.67. The Morgan fingerprint density at radius 1 is 1.26 bits per heavy atom. The van der Waals surface area contributed by atoms with Gasteiger partial charge in [0.2, 0.25) is 0 Å². The zero-order chi connectivity index (χ0) is 14.0. The van der Waals surface area contributed by atoms with Gasteiger partial charge in [0.25, 0.3) is 5.91 Å². The Labute approximate surface area is 125 Å². The van der Waals surface area contributed by atoms with Crippen LogP contribution in [0.15, 0.2) is 12.1 Å². The molecule has 7 heteroatoms. The maximum absolute atomic E-state index is 11.7. The molecule has 1 fully saturated rings. The minimum absolute atomic E-state index is 0.100. The SMILES string of the molecule is O=C(COc1cc(Cl)c(Cl)cc1Cl)N1CC(CO)C1.